The number of nitrogens with one attached hydrogen (secondary N) is 2. The first-order valence-corrected chi connectivity index (χ1v) is 7.05. The van der Waals surface area contributed by atoms with Crippen LogP contribution in [0.2, 0.25) is 0 Å². The molecule has 0 fully saturated rings. The van der Waals surface area contributed by atoms with Gasteiger partial charge in [-0.1, -0.05) is 29.8 Å². The van der Waals surface area contributed by atoms with Gasteiger partial charge in [-0.2, -0.15) is 0 Å². The number of para-hydroxylation sites is 2. The summed E-state index contributed by atoms with van der Waals surface area (Å²) >= 11 is 0. The number of carbonyl (C=O) groups excluding carboxylic acids is 2. The lowest BCUT2D eigenvalue weighted by molar-refractivity contribution is -0.128. The van der Waals surface area contributed by atoms with Crippen LogP contribution in [0.4, 0.5) is 11.4 Å². The Morgan fingerprint density at radius 2 is 1.91 bits per heavy atom. The third-order valence-electron chi connectivity index (χ3n) is 3.41. The molecule has 3 rings (SSSR count). The molecule has 2 amide bonds. The Morgan fingerprint density at radius 1 is 1.18 bits per heavy atom. The third kappa shape index (κ3) is 3.09. The highest BCUT2D eigenvalue weighted by Crippen LogP contribution is 2.29. The molecule has 22 heavy (non-hydrogen) atoms. The molecular weight excluding hydrogens is 280 g/mol. The Kier molecular flexibility index (Phi) is 3.78. The molecule has 2 aromatic rings. The predicted octanol–water partition coefficient (Wildman–Crippen LogP) is 2.72. The maximum absolute atomic E-state index is 12.1. The summed E-state index contributed by atoms with van der Waals surface area (Å²) in [6, 6.07) is 14.6. The average molecular weight is 296 g/mol. The number of ether oxygens (including phenoxy) is 1. The third-order valence-corrected chi connectivity index (χ3v) is 3.41. The van der Waals surface area contributed by atoms with Crippen LogP contribution >= 0.6 is 0 Å². The van der Waals surface area contributed by atoms with Crippen LogP contribution in [0.1, 0.15) is 12.0 Å². The summed E-state index contributed by atoms with van der Waals surface area (Å²) in [5, 5.41) is 5.50. The SMILES string of the molecule is Cc1ccc(NC(=O)C[C@@H]2Oc3ccccc3NC2=O)cc1. The molecule has 0 spiro atoms. The zero-order chi connectivity index (χ0) is 15.5. The second-order valence-electron chi connectivity index (χ2n) is 5.21. The number of amides is 2. The Labute approximate surface area is 128 Å². The highest BCUT2D eigenvalue weighted by molar-refractivity contribution is 6.01. The first kappa shape index (κ1) is 14.1. The highest BCUT2D eigenvalue weighted by Gasteiger charge is 2.29. The minimum Gasteiger partial charge on any atom is -0.478 e. The summed E-state index contributed by atoms with van der Waals surface area (Å²) in [4.78, 5) is 24.0. The van der Waals surface area contributed by atoms with Gasteiger partial charge >= 0.3 is 0 Å². The Hall–Kier alpha value is -2.82. The summed E-state index contributed by atoms with van der Waals surface area (Å²) in [6.45, 7) is 1.98. The monoisotopic (exact) mass is 296 g/mol. The Morgan fingerprint density at radius 3 is 2.68 bits per heavy atom. The molecule has 0 aliphatic carbocycles. The van der Waals surface area contributed by atoms with Crippen LogP contribution in [0.15, 0.2) is 48.5 Å². The van der Waals surface area contributed by atoms with E-state index in [9.17, 15) is 9.59 Å². The summed E-state index contributed by atoms with van der Waals surface area (Å²) in [7, 11) is 0. The molecule has 2 N–H and O–H groups in total. The minimum atomic E-state index is -0.819. The molecule has 0 saturated heterocycles. The standard InChI is InChI=1S/C17H16N2O3/c1-11-6-8-12(9-7-11)18-16(20)10-15-17(21)19-13-4-2-3-5-14(13)22-15/h2-9,15H,10H2,1H3,(H,18,20)(H,19,21)/t15-/m0/s1. The van der Waals surface area contributed by atoms with Gasteiger partial charge in [-0.05, 0) is 31.2 Å². The fourth-order valence-corrected chi connectivity index (χ4v) is 2.24. The van der Waals surface area contributed by atoms with Crippen molar-refractivity contribution in [3.8, 4) is 5.75 Å². The number of aryl methyl sites for hydroxylation is 1. The van der Waals surface area contributed by atoms with Gasteiger partial charge in [0, 0.05) is 5.69 Å². The molecule has 1 aliphatic heterocycles. The van der Waals surface area contributed by atoms with Crippen LogP contribution in [0.3, 0.4) is 0 Å². The number of carbonyl (C=O) groups is 2. The van der Waals surface area contributed by atoms with Gasteiger partial charge < -0.3 is 15.4 Å². The summed E-state index contributed by atoms with van der Waals surface area (Å²) in [5.41, 5.74) is 2.44. The van der Waals surface area contributed by atoms with E-state index < -0.39 is 6.10 Å². The van der Waals surface area contributed by atoms with Crippen LogP contribution in [0.5, 0.6) is 5.75 Å². The van der Waals surface area contributed by atoms with Crippen LogP contribution in [0.25, 0.3) is 0 Å². The quantitative estimate of drug-likeness (QED) is 0.915. The van der Waals surface area contributed by atoms with Gasteiger partial charge in [-0.15, -0.1) is 0 Å². The van der Waals surface area contributed by atoms with E-state index in [1.807, 2.05) is 43.3 Å². The maximum Gasteiger partial charge on any atom is 0.266 e. The molecule has 5 nitrogen and oxygen atoms in total. The smallest absolute Gasteiger partial charge is 0.266 e. The van der Waals surface area contributed by atoms with Crippen molar-refractivity contribution in [1.82, 2.24) is 0 Å². The first-order valence-electron chi connectivity index (χ1n) is 7.05. The average Bonchev–Trinajstić information content (AvgIpc) is 2.50. The van der Waals surface area contributed by atoms with Gasteiger partial charge in [-0.25, -0.2) is 0 Å². The summed E-state index contributed by atoms with van der Waals surface area (Å²) < 4.78 is 5.60. The molecule has 0 bridgehead atoms. The van der Waals surface area contributed by atoms with E-state index in [1.54, 1.807) is 12.1 Å². The predicted molar refractivity (Wildman–Crippen MR) is 83.9 cm³/mol. The van der Waals surface area contributed by atoms with Gasteiger partial charge in [0.15, 0.2) is 6.10 Å². The Balaban J connectivity index is 1.64. The molecule has 1 aliphatic rings. The maximum atomic E-state index is 12.1. The lowest BCUT2D eigenvalue weighted by Crippen LogP contribution is -2.39. The lowest BCUT2D eigenvalue weighted by atomic mass is 10.1. The van der Waals surface area contributed by atoms with Crippen LogP contribution < -0.4 is 15.4 Å². The second kappa shape index (κ2) is 5.89. The molecule has 0 radical (unpaired) electrons. The molecule has 0 saturated carbocycles. The fraction of sp³-hybridized carbons (Fsp3) is 0.176. The molecule has 5 heteroatoms. The van der Waals surface area contributed by atoms with Crippen molar-refractivity contribution in [1.29, 1.82) is 0 Å². The van der Waals surface area contributed by atoms with Crippen LogP contribution in [-0.4, -0.2) is 17.9 Å². The van der Waals surface area contributed by atoms with Gasteiger partial charge in [0.1, 0.15) is 5.75 Å². The van der Waals surface area contributed by atoms with E-state index >= 15 is 0 Å². The topological polar surface area (TPSA) is 67.4 Å². The largest absolute Gasteiger partial charge is 0.478 e. The molecule has 2 aromatic carbocycles. The number of hydrogen-bond acceptors (Lipinski definition) is 3. The van der Waals surface area contributed by atoms with Crippen molar-refractivity contribution in [3.05, 3.63) is 54.1 Å². The van der Waals surface area contributed by atoms with E-state index in [1.165, 1.54) is 0 Å². The van der Waals surface area contributed by atoms with E-state index in [0.717, 1.165) is 5.56 Å². The van der Waals surface area contributed by atoms with Crippen LogP contribution in [-0.2, 0) is 9.59 Å². The van der Waals surface area contributed by atoms with E-state index in [2.05, 4.69) is 10.6 Å². The number of benzene rings is 2. The van der Waals surface area contributed by atoms with Crippen molar-refractivity contribution >= 4 is 23.2 Å². The summed E-state index contributed by atoms with van der Waals surface area (Å²) in [6.07, 6.45) is -0.853. The Bertz CT molecular complexity index is 710. The van der Waals surface area contributed by atoms with Gasteiger partial charge in [-0.3, -0.25) is 9.59 Å². The zero-order valence-corrected chi connectivity index (χ0v) is 12.1. The van der Waals surface area contributed by atoms with Crippen LogP contribution in [0, 0.1) is 6.92 Å². The van der Waals surface area contributed by atoms with E-state index in [4.69, 9.17) is 4.74 Å². The van der Waals surface area contributed by atoms with Crippen molar-refractivity contribution < 1.29 is 14.3 Å². The normalized spacial score (nSPS) is 16.2. The van der Waals surface area contributed by atoms with Crippen molar-refractivity contribution in [2.24, 2.45) is 0 Å². The molecule has 1 atom stereocenters. The number of fused-ring (bicyclic) bond motifs is 1. The van der Waals surface area contributed by atoms with E-state index in [0.29, 0.717) is 17.1 Å². The molecular formula is C17H16N2O3. The highest BCUT2D eigenvalue weighted by atomic mass is 16.5. The first-order chi connectivity index (χ1) is 10.6. The second-order valence-corrected chi connectivity index (χ2v) is 5.21. The lowest BCUT2D eigenvalue weighted by Gasteiger charge is -2.25. The van der Waals surface area contributed by atoms with Crippen molar-refractivity contribution in [2.45, 2.75) is 19.4 Å². The molecule has 112 valence electrons. The van der Waals surface area contributed by atoms with Gasteiger partial charge in [0.2, 0.25) is 5.91 Å². The van der Waals surface area contributed by atoms with Gasteiger partial charge in [0.05, 0.1) is 12.1 Å². The number of anilines is 2. The van der Waals surface area contributed by atoms with E-state index in [-0.39, 0.29) is 18.2 Å². The molecule has 0 unspecified atom stereocenters. The fourth-order valence-electron chi connectivity index (χ4n) is 2.24. The van der Waals surface area contributed by atoms with Crippen molar-refractivity contribution in [3.63, 3.8) is 0 Å². The van der Waals surface area contributed by atoms with Gasteiger partial charge in [0.25, 0.3) is 5.91 Å². The molecule has 0 aromatic heterocycles. The number of hydrogen-bond donors (Lipinski definition) is 2. The number of rotatable bonds is 3. The summed E-state index contributed by atoms with van der Waals surface area (Å²) in [5.74, 6) is 0.0105. The van der Waals surface area contributed by atoms with Crippen molar-refractivity contribution in [2.75, 3.05) is 10.6 Å². The molecule has 1 heterocycles. The minimum absolute atomic E-state index is 0.0337. The zero-order valence-electron chi connectivity index (χ0n) is 12.1.